The van der Waals surface area contributed by atoms with Gasteiger partial charge >= 0.3 is 11.9 Å². The first-order chi connectivity index (χ1) is 9.08. The lowest BCUT2D eigenvalue weighted by atomic mass is 10.1. The molecule has 5 heteroatoms. The highest BCUT2D eigenvalue weighted by atomic mass is 16.4. The Kier molecular flexibility index (Phi) is 3.85. The molecule has 1 aromatic carbocycles. The third kappa shape index (κ3) is 3.13. The van der Waals surface area contributed by atoms with Gasteiger partial charge in [-0.15, -0.1) is 0 Å². The molecule has 0 aliphatic heterocycles. The van der Waals surface area contributed by atoms with Gasteiger partial charge in [0.25, 0.3) is 0 Å². The van der Waals surface area contributed by atoms with Crippen molar-refractivity contribution in [3.05, 3.63) is 36.0 Å². The van der Waals surface area contributed by atoms with Crippen molar-refractivity contribution in [2.45, 2.75) is 25.8 Å². The summed E-state index contributed by atoms with van der Waals surface area (Å²) in [7, 11) is 0. The van der Waals surface area contributed by atoms with Gasteiger partial charge in [0, 0.05) is 30.1 Å². The van der Waals surface area contributed by atoms with Gasteiger partial charge < -0.3 is 14.8 Å². The Morgan fingerprint density at radius 1 is 1.11 bits per heavy atom. The Hall–Kier alpha value is -2.30. The van der Waals surface area contributed by atoms with E-state index in [9.17, 15) is 9.59 Å². The Morgan fingerprint density at radius 3 is 2.53 bits per heavy atom. The van der Waals surface area contributed by atoms with Crippen LogP contribution in [-0.4, -0.2) is 26.7 Å². The number of hydrogen-bond acceptors (Lipinski definition) is 2. The molecule has 0 unspecified atom stereocenters. The lowest BCUT2D eigenvalue weighted by molar-refractivity contribution is -0.137. The zero-order valence-electron chi connectivity index (χ0n) is 10.4. The van der Waals surface area contributed by atoms with Crippen LogP contribution in [0.15, 0.2) is 30.5 Å². The van der Waals surface area contributed by atoms with Crippen LogP contribution in [0.25, 0.3) is 10.9 Å². The van der Waals surface area contributed by atoms with Crippen LogP contribution >= 0.6 is 0 Å². The zero-order chi connectivity index (χ0) is 13.8. The number of aryl methyl sites for hydroxylation is 1. The zero-order valence-corrected chi connectivity index (χ0v) is 10.4. The normalized spacial score (nSPS) is 10.7. The highest BCUT2D eigenvalue weighted by Crippen LogP contribution is 2.22. The second kappa shape index (κ2) is 5.56. The maximum atomic E-state index is 10.8. The monoisotopic (exact) mass is 261 g/mol. The number of rotatable bonds is 6. The topological polar surface area (TPSA) is 79.5 Å². The van der Waals surface area contributed by atoms with E-state index in [0.29, 0.717) is 13.0 Å². The van der Waals surface area contributed by atoms with Crippen LogP contribution in [0.3, 0.4) is 0 Å². The van der Waals surface area contributed by atoms with E-state index in [4.69, 9.17) is 10.2 Å². The van der Waals surface area contributed by atoms with Crippen LogP contribution in [0.4, 0.5) is 0 Å². The molecule has 100 valence electrons. The average Bonchev–Trinajstić information content (AvgIpc) is 2.67. The molecule has 19 heavy (non-hydrogen) atoms. The summed E-state index contributed by atoms with van der Waals surface area (Å²) in [4.78, 5) is 21.4. The van der Waals surface area contributed by atoms with Gasteiger partial charge in [0.1, 0.15) is 0 Å². The number of carbonyl (C=O) groups is 2. The first kappa shape index (κ1) is 13.1. The number of para-hydroxylation sites is 1. The lowest BCUT2D eigenvalue weighted by Crippen LogP contribution is -2.01. The number of hydrogen-bond donors (Lipinski definition) is 2. The maximum Gasteiger partial charge on any atom is 0.307 e. The minimum Gasteiger partial charge on any atom is -0.481 e. The molecule has 0 atom stereocenters. The molecule has 0 saturated carbocycles. The van der Waals surface area contributed by atoms with Crippen molar-refractivity contribution >= 4 is 22.8 Å². The van der Waals surface area contributed by atoms with Crippen molar-refractivity contribution in [3.63, 3.8) is 0 Å². The van der Waals surface area contributed by atoms with Crippen molar-refractivity contribution in [3.8, 4) is 0 Å². The summed E-state index contributed by atoms with van der Waals surface area (Å²) < 4.78 is 1.93. The quantitative estimate of drug-likeness (QED) is 0.834. The van der Waals surface area contributed by atoms with Crippen LogP contribution < -0.4 is 0 Å². The smallest absolute Gasteiger partial charge is 0.307 e. The van der Waals surface area contributed by atoms with Crippen molar-refractivity contribution in [1.82, 2.24) is 4.57 Å². The summed E-state index contributed by atoms with van der Waals surface area (Å²) in [5, 5.41) is 18.5. The highest BCUT2D eigenvalue weighted by Gasteiger charge is 2.10. The van der Waals surface area contributed by atoms with Crippen LogP contribution in [0.2, 0.25) is 0 Å². The largest absolute Gasteiger partial charge is 0.481 e. The van der Waals surface area contributed by atoms with E-state index >= 15 is 0 Å². The molecule has 1 aromatic heterocycles. The van der Waals surface area contributed by atoms with Crippen molar-refractivity contribution in [2.24, 2.45) is 0 Å². The summed E-state index contributed by atoms with van der Waals surface area (Å²) >= 11 is 0. The number of carboxylic acid groups (broad SMARTS) is 2. The predicted octanol–water partition coefficient (Wildman–Crippen LogP) is 2.13. The number of carboxylic acids is 2. The predicted molar refractivity (Wildman–Crippen MR) is 70.1 cm³/mol. The minimum atomic E-state index is -0.867. The number of aliphatic carboxylic acids is 2. The van der Waals surface area contributed by atoms with Gasteiger partial charge in [0.2, 0.25) is 0 Å². The molecule has 0 spiro atoms. The van der Waals surface area contributed by atoms with Gasteiger partial charge in [0.15, 0.2) is 0 Å². The first-order valence-electron chi connectivity index (χ1n) is 6.08. The molecule has 1 heterocycles. The molecule has 2 N–H and O–H groups in total. The molecule has 0 amide bonds. The fraction of sp³-hybridized carbons (Fsp3) is 0.286. The van der Waals surface area contributed by atoms with E-state index in [1.165, 1.54) is 0 Å². The lowest BCUT2D eigenvalue weighted by Gasteiger charge is -2.03. The molecular formula is C14H15NO4. The van der Waals surface area contributed by atoms with Gasteiger partial charge in [-0.1, -0.05) is 18.2 Å². The summed E-state index contributed by atoms with van der Waals surface area (Å²) in [5.41, 5.74) is 1.71. The molecule has 0 bridgehead atoms. The van der Waals surface area contributed by atoms with Crippen molar-refractivity contribution < 1.29 is 19.8 Å². The molecule has 0 aliphatic rings. The summed E-state index contributed by atoms with van der Waals surface area (Å²) in [6, 6.07) is 7.57. The van der Waals surface area contributed by atoms with Gasteiger partial charge in [-0.05, 0) is 18.1 Å². The van der Waals surface area contributed by atoms with E-state index in [1.807, 2.05) is 28.8 Å². The van der Waals surface area contributed by atoms with E-state index in [1.54, 1.807) is 6.20 Å². The van der Waals surface area contributed by atoms with Gasteiger partial charge in [-0.2, -0.15) is 0 Å². The highest BCUT2D eigenvalue weighted by molar-refractivity contribution is 5.87. The Bertz CT molecular complexity index is 615. The third-order valence-corrected chi connectivity index (χ3v) is 3.00. The second-order valence-corrected chi connectivity index (χ2v) is 4.43. The second-order valence-electron chi connectivity index (χ2n) is 4.43. The van der Waals surface area contributed by atoms with Crippen molar-refractivity contribution in [1.29, 1.82) is 0 Å². The number of fused-ring (bicyclic) bond motifs is 1. The Morgan fingerprint density at radius 2 is 1.84 bits per heavy atom. The molecule has 0 saturated heterocycles. The SMILES string of the molecule is O=C(O)CCCn1cc(CC(=O)O)c2ccccc21. The molecular weight excluding hydrogens is 246 g/mol. The first-order valence-corrected chi connectivity index (χ1v) is 6.08. The van der Waals surface area contributed by atoms with Crippen LogP contribution in [-0.2, 0) is 22.6 Å². The van der Waals surface area contributed by atoms with Gasteiger partial charge in [0.05, 0.1) is 6.42 Å². The number of benzene rings is 1. The van der Waals surface area contributed by atoms with Gasteiger partial charge in [-0.3, -0.25) is 9.59 Å². The summed E-state index contributed by atoms with van der Waals surface area (Å²) in [6.45, 7) is 0.576. The third-order valence-electron chi connectivity index (χ3n) is 3.00. The fourth-order valence-corrected chi connectivity index (χ4v) is 2.21. The molecule has 0 radical (unpaired) electrons. The molecule has 2 aromatic rings. The van der Waals surface area contributed by atoms with Gasteiger partial charge in [-0.25, -0.2) is 0 Å². The van der Waals surface area contributed by atoms with E-state index < -0.39 is 11.9 Å². The fourth-order valence-electron chi connectivity index (χ4n) is 2.21. The van der Waals surface area contributed by atoms with E-state index in [0.717, 1.165) is 16.5 Å². The van der Waals surface area contributed by atoms with Crippen LogP contribution in [0.1, 0.15) is 18.4 Å². The van der Waals surface area contributed by atoms with Crippen LogP contribution in [0, 0.1) is 0 Å². The summed E-state index contributed by atoms with van der Waals surface area (Å²) in [5.74, 6) is -1.68. The van der Waals surface area contributed by atoms with E-state index in [2.05, 4.69) is 0 Å². The molecule has 0 fully saturated rings. The Balaban J connectivity index is 2.27. The summed E-state index contributed by atoms with van der Waals surface area (Å²) in [6.07, 6.45) is 2.42. The van der Waals surface area contributed by atoms with E-state index in [-0.39, 0.29) is 12.8 Å². The minimum absolute atomic E-state index is 0.0214. The Labute approximate surface area is 110 Å². The molecule has 0 aliphatic carbocycles. The standard InChI is InChI=1S/C14H15NO4/c16-13(17)6-3-7-15-9-10(8-14(18)19)11-4-1-2-5-12(11)15/h1-2,4-5,9H,3,6-8H2,(H,16,17)(H,18,19). The molecule has 5 nitrogen and oxygen atoms in total. The number of nitrogens with zero attached hydrogens (tertiary/aromatic N) is 1. The van der Waals surface area contributed by atoms with Crippen LogP contribution in [0.5, 0.6) is 0 Å². The van der Waals surface area contributed by atoms with Crippen molar-refractivity contribution in [2.75, 3.05) is 0 Å². The molecule has 2 rings (SSSR count). The number of aromatic nitrogens is 1. The average molecular weight is 261 g/mol. The maximum absolute atomic E-state index is 10.8.